The van der Waals surface area contributed by atoms with Gasteiger partial charge in [-0.15, -0.1) is 0 Å². The molecule has 6 unspecified atom stereocenters. The zero-order chi connectivity index (χ0) is 30.5. The number of unbranched alkanes of at least 4 members (excludes halogenated alkanes) is 1. The lowest BCUT2D eigenvalue weighted by atomic mass is 10.2. The largest absolute Gasteiger partial charge is 0.479 e. The first-order valence-electron chi connectivity index (χ1n) is 9.61. The number of carboxylic acids is 6. The van der Waals surface area contributed by atoms with E-state index in [-0.39, 0.29) is 0 Å². The van der Waals surface area contributed by atoms with E-state index in [1.165, 1.54) is 6.42 Å². The zero-order valence-corrected chi connectivity index (χ0v) is 19.2. The van der Waals surface area contributed by atoms with Crippen LogP contribution in [0.25, 0.3) is 0 Å². The van der Waals surface area contributed by atoms with Crippen LogP contribution in [0.2, 0.25) is 0 Å². The van der Waals surface area contributed by atoms with Crippen LogP contribution in [0.1, 0.15) is 12.8 Å². The van der Waals surface area contributed by atoms with E-state index in [0.717, 1.165) is 19.5 Å². The minimum Gasteiger partial charge on any atom is -0.479 e. The first-order chi connectivity index (χ1) is 16.8. The molecule has 0 spiro atoms. The Kier molecular flexibility index (Phi) is 25.2. The minimum absolute atomic E-state index is 0.821. The fourth-order valence-electron chi connectivity index (χ4n) is 1.26. The molecule has 218 valence electrons. The molecule has 0 heterocycles. The van der Waals surface area contributed by atoms with E-state index >= 15 is 0 Å². The highest BCUT2D eigenvalue weighted by Gasteiger charge is 2.30. The third-order valence-electron chi connectivity index (χ3n) is 3.30. The smallest absolute Gasteiger partial charge is 0.335 e. The summed E-state index contributed by atoms with van der Waals surface area (Å²) in [5.41, 5.74) is 5.24. The zero-order valence-electron chi connectivity index (χ0n) is 19.2. The molecule has 0 saturated heterocycles. The Labute approximate surface area is 207 Å². The number of hydrogen-bond acceptors (Lipinski definition) is 14. The Morgan fingerprint density at radius 2 is 0.703 bits per heavy atom. The standard InChI is InChI=1S/C5H14N2.3C4H6O6/c1-7-5-3-2-4-6;3*5-1(3(7)8)2(6)4(9)10/h7H,2-6H2,1H3;3*1-2,5-6H,(H,7,8)(H,9,10). The highest BCUT2D eigenvalue weighted by molar-refractivity contribution is 5.84. The molecule has 20 heteroatoms. The van der Waals surface area contributed by atoms with Crippen molar-refractivity contribution >= 4 is 35.8 Å². The molecule has 0 saturated carbocycles. The molecule has 0 aliphatic carbocycles. The molecular formula is C17H32N2O18. The van der Waals surface area contributed by atoms with Gasteiger partial charge in [0.25, 0.3) is 0 Å². The van der Waals surface area contributed by atoms with Crippen molar-refractivity contribution in [3.05, 3.63) is 0 Å². The van der Waals surface area contributed by atoms with Gasteiger partial charge in [-0.25, -0.2) is 28.8 Å². The first-order valence-corrected chi connectivity index (χ1v) is 9.61. The van der Waals surface area contributed by atoms with Gasteiger partial charge in [-0.05, 0) is 33.0 Å². The van der Waals surface area contributed by atoms with Gasteiger partial charge in [0, 0.05) is 0 Å². The SMILES string of the molecule is CNCCCCN.O=C(O)C(O)C(O)C(=O)O.O=C(O)C(O)C(O)C(=O)O.O=C(O)C(O)C(O)C(=O)O. The van der Waals surface area contributed by atoms with Crippen LogP contribution in [0.4, 0.5) is 0 Å². The maximum Gasteiger partial charge on any atom is 0.335 e. The third kappa shape index (κ3) is 22.7. The van der Waals surface area contributed by atoms with Crippen molar-refractivity contribution in [2.24, 2.45) is 5.73 Å². The predicted molar refractivity (Wildman–Crippen MR) is 114 cm³/mol. The number of aliphatic hydroxyl groups excluding tert-OH is 6. The molecule has 0 radical (unpaired) electrons. The summed E-state index contributed by atoms with van der Waals surface area (Å²) in [5, 5.41) is 101. The molecule has 0 bridgehead atoms. The summed E-state index contributed by atoms with van der Waals surface area (Å²) in [4.78, 5) is 58.6. The van der Waals surface area contributed by atoms with Gasteiger partial charge in [-0.1, -0.05) is 0 Å². The number of hydrogen-bond donors (Lipinski definition) is 14. The van der Waals surface area contributed by atoms with Crippen LogP contribution in [0.15, 0.2) is 0 Å². The summed E-state index contributed by atoms with van der Waals surface area (Å²) >= 11 is 0. The second-order valence-corrected chi connectivity index (χ2v) is 6.30. The van der Waals surface area contributed by atoms with Gasteiger partial charge < -0.3 is 72.3 Å². The summed E-state index contributed by atoms with van der Waals surface area (Å²) in [7, 11) is 1.95. The summed E-state index contributed by atoms with van der Waals surface area (Å²) in [6.07, 6.45) is -11.3. The predicted octanol–water partition coefficient (Wildman–Crippen LogP) is -6.42. The molecule has 0 amide bonds. The number of nitrogens with two attached hydrogens (primary N) is 1. The lowest BCUT2D eigenvalue weighted by molar-refractivity contribution is -0.165. The van der Waals surface area contributed by atoms with Gasteiger partial charge in [-0.2, -0.15) is 0 Å². The van der Waals surface area contributed by atoms with E-state index in [4.69, 9.17) is 67.0 Å². The highest BCUT2D eigenvalue weighted by atomic mass is 16.5. The Morgan fingerprint density at radius 1 is 0.514 bits per heavy atom. The summed E-state index contributed by atoms with van der Waals surface area (Å²) in [6, 6.07) is 0. The normalized spacial score (nSPS) is 14.6. The molecule has 0 aromatic carbocycles. The van der Waals surface area contributed by atoms with Crippen LogP contribution < -0.4 is 11.1 Å². The Hall–Kier alpha value is -3.50. The van der Waals surface area contributed by atoms with Gasteiger partial charge >= 0.3 is 35.8 Å². The summed E-state index contributed by atoms with van der Waals surface area (Å²) in [6.45, 7) is 1.92. The topological polar surface area (TPSA) is 383 Å². The molecule has 0 aromatic heterocycles. The number of aliphatic hydroxyl groups is 6. The fourth-order valence-corrected chi connectivity index (χ4v) is 1.26. The van der Waals surface area contributed by atoms with Crippen LogP contribution in [0.5, 0.6) is 0 Å². The summed E-state index contributed by atoms with van der Waals surface area (Å²) < 4.78 is 0. The molecule has 0 rings (SSSR count). The van der Waals surface area contributed by atoms with Gasteiger partial charge in [0.05, 0.1) is 0 Å². The lowest BCUT2D eigenvalue weighted by Crippen LogP contribution is -2.39. The molecule has 20 nitrogen and oxygen atoms in total. The Morgan fingerprint density at radius 3 is 0.811 bits per heavy atom. The van der Waals surface area contributed by atoms with Crippen molar-refractivity contribution in [2.75, 3.05) is 20.1 Å². The van der Waals surface area contributed by atoms with Gasteiger partial charge in [-0.3, -0.25) is 0 Å². The molecular weight excluding hydrogens is 520 g/mol. The quantitative estimate of drug-likeness (QED) is 0.0943. The monoisotopic (exact) mass is 552 g/mol. The molecule has 37 heavy (non-hydrogen) atoms. The van der Waals surface area contributed by atoms with E-state index < -0.39 is 72.4 Å². The van der Waals surface area contributed by atoms with Gasteiger partial charge in [0.1, 0.15) is 0 Å². The van der Waals surface area contributed by atoms with Crippen molar-refractivity contribution in [3.8, 4) is 0 Å². The second kappa shape index (κ2) is 22.9. The Balaban J connectivity index is -0.000000198. The van der Waals surface area contributed by atoms with E-state index in [0.29, 0.717) is 0 Å². The van der Waals surface area contributed by atoms with E-state index in [1.807, 2.05) is 7.05 Å². The number of nitrogens with one attached hydrogen (secondary N) is 1. The number of carbonyl (C=O) groups is 6. The summed E-state index contributed by atoms with van der Waals surface area (Å²) in [5.74, 6) is -10.6. The first kappa shape index (κ1) is 40.7. The molecule has 15 N–H and O–H groups in total. The van der Waals surface area contributed by atoms with Crippen molar-refractivity contribution in [1.82, 2.24) is 5.32 Å². The second-order valence-electron chi connectivity index (χ2n) is 6.30. The van der Waals surface area contributed by atoms with E-state index in [1.54, 1.807) is 0 Å². The van der Waals surface area contributed by atoms with Crippen LogP contribution in [0.3, 0.4) is 0 Å². The van der Waals surface area contributed by atoms with Crippen LogP contribution in [-0.2, 0) is 28.8 Å². The molecule has 0 fully saturated rings. The van der Waals surface area contributed by atoms with Crippen molar-refractivity contribution in [3.63, 3.8) is 0 Å². The van der Waals surface area contributed by atoms with Crippen LogP contribution >= 0.6 is 0 Å². The van der Waals surface area contributed by atoms with Crippen LogP contribution in [0, 0.1) is 0 Å². The number of rotatable bonds is 13. The van der Waals surface area contributed by atoms with E-state index in [2.05, 4.69) is 5.32 Å². The van der Waals surface area contributed by atoms with Gasteiger partial charge in [0.15, 0.2) is 36.6 Å². The number of carboxylic acid groups (broad SMARTS) is 6. The van der Waals surface area contributed by atoms with E-state index in [9.17, 15) is 28.8 Å². The number of aliphatic carboxylic acids is 6. The third-order valence-corrected chi connectivity index (χ3v) is 3.30. The maximum atomic E-state index is 9.77. The average molecular weight is 552 g/mol. The van der Waals surface area contributed by atoms with Crippen molar-refractivity contribution in [2.45, 2.75) is 49.5 Å². The Bertz CT molecular complexity index is 573. The van der Waals surface area contributed by atoms with Crippen molar-refractivity contribution in [1.29, 1.82) is 0 Å². The highest BCUT2D eigenvalue weighted by Crippen LogP contribution is 1.94. The molecule has 0 aliphatic rings. The van der Waals surface area contributed by atoms with Crippen molar-refractivity contribution < 1.29 is 90.0 Å². The van der Waals surface area contributed by atoms with Gasteiger partial charge in [0.2, 0.25) is 0 Å². The van der Waals surface area contributed by atoms with Crippen LogP contribution in [-0.4, -0.2) is 154 Å². The lowest BCUT2D eigenvalue weighted by Gasteiger charge is -2.07. The molecule has 0 aromatic rings. The minimum atomic E-state index is -2.27. The molecule has 6 atom stereocenters. The molecule has 0 aliphatic heterocycles. The maximum absolute atomic E-state index is 9.77. The average Bonchev–Trinajstić information content (AvgIpc) is 2.82. The fraction of sp³-hybridized carbons (Fsp3) is 0.647.